The number of benzene rings is 1. The van der Waals surface area contributed by atoms with Crippen LogP contribution in [0.5, 0.6) is 0 Å². The van der Waals surface area contributed by atoms with Gasteiger partial charge in [0.2, 0.25) is 0 Å². The van der Waals surface area contributed by atoms with Gasteiger partial charge in [-0.05, 0) is 26.3 Å². The zero-order valence-electron chi connectivity index (χ0n) is 13.0. The van der Waals surface area contributed by atoms with Crippen LogP contribution < -0.4 is 5.32 Å². The minimum atomic E-state index is -1.06. The molecular formula is C16H21NO5. The van der Waals surface area contributed by atoms with Gasteiger partial charge in [0, 0.05) is 6.42 Å². The molecule has 0 aliphatic rings. The van der Waals surface area contributed by atoms with Gasteiger partial charge in [-0.15, -0.1) is 0 Å². The second-order valence-electron chi connectivity index (χ2n) is 5.69. The summed E-state index contributed by atoms with van der Waals surface area (Å²) in [5, 5.41) is 2.34. The molecule has 0 aliphatic carbocycles. The maximum absolute atomic E-state index is 12.0. The second kappa shape index (κ2) is 8.17. The molecule has 0 aliphatic heterocycles. The van der Waals surface area contributed by atoms with E-state index in [1.54, 1.807) is 20.8 Å². The Labute approximate surface area is 129 Å². The third kappa shape index (κ3) is 6.88. The van der Waals surface area contributed by atoms with Crippen molar-refractivity contribution in [1.29, 1.82) is 0 Å². The van der Waals surface area contributed by atoms with Crippen LogP contribution >= 0.6 is 0 Å². The number of carbonyl (C=O) groups is 3. The summed E-state index contributed by atoms with van der Waals surface area (Å²) in [5.41, 5.74) is 0.127. The number of amides is 1. The Kier molecular flexibility index (Phi) is 6.56. The standard InChI is InChI=1S/C16H21NO5/c1-16(2,3)22-15(20)17-13(9-10-18)14(19)21-11-12-7-5-4-6-8-12/h4-8,10,13H,9,11H2,1-3H3,(H,17,20)/t13-/m1/s1. The van der Waals surface area contributed by atoms with Crippen molar-refractivity contribution in [3.05, 3.63) is 35.9 Å². The Morgan fingerprint density at radius 3 is 2.41 bits per heavy atom. The van der Waals surface area contributed by atoms with Gasteiger partial charge < -0.3 is 19.6 Å². The van der Waals surface area contributed by atoms with Crippen molar-refractivity contribution in [3.8, 4) is 0 Å². The highest BCUT2D eigenvalue weighted by atomic mass is 16.6. The highest BCUT2D eigenvalue weighted by Crippen LogP contribution is 2.08. The van der Waals surface area contributed by atoms with E-state index in [1.165, 1.54) is 0 Å². The molecule has 0 saturated carbocycles. The fraction of sp³-hybridized carbons (Fsp3) is 0.438. The lowest BCUT2D eigenvalue weighted by molar-refractivity contribution is -0.148. The summed E-state index contributed by atoms with van der Waals surface area (Å²) in [6.07, 6.45) is -0.394. The lowest BCUT2D eigenvalue weighted by atomic mass is 10.2. The lowest BCUT2D eigenvalue weighted by Crippen LogP contribution is -2.44. The molecular weight excluding hydrogens is 286 g/mol. The summed E-state index contributed by atoms with van der Waals surface area (Å²) in [7, 11) is 0. The van der Waals surface area contributed by atoms with E-state index in [1.807, 2.05) is 30.3 Å². The molecule has 1 rings (SSSR count). The van der Waals surface area contributed by atoms with Crippen molar-refractivity contribution in [2.24, 2.45) is 0 Å². The van der Waals surface area contributed by atoms with E-state index in [-0.39, 0.29) is 13.0 Å². The Morgan fingerprint density at radius 1 is 1.23 bits per heavy atom. The largest absolute Gasteiger partial charge is 0.459 e. The predicted molar refractivity (Wildman–Crippen MR) is 80.1 cm³/mol. The maximum Gasteiger partial charge on any atom is 0.408 e. The summed E-state index contributed by atoms with van der Waals surface area (Å²) in [4.78, 5) is 34.3. The van der Waals surface area contributed by atoms with E-state index in [2.05, 4.69) is 5.32 Å². The number of hydrogen-bond donors (Lipinski definition) is 1. The smallest absolute Gasteiger partial charge is 0.408 e. The number of carbonyl (C=O) groups excluding carboxylic acids is 3. The first-order chi connectivity index (χ1) is 10.3. The van der Waals surface area contributed by atoms with E-state index in [0.29, 0.717) is 6.29 Å². The number of ether oxygens (including phenoxy) is 2. The van der Waals surface area contributed by atoms with Gasteiger partial charge in [-0.2, -0.15) is 0 Å². The van der Waals surface area contributed by atoms with Gasteiger partial charge in [-0.3, -0.25) is 0 Å². The zero-order valence-corrected chi connectivity index (χ0v) is 13.0. The van der Waals surface area contributed by atoms with Crippen molar-refractivity contribution < 1.29 is 23.9 Å². The van der Waals surface area contributed by atoms with Crippen LogP contribution in [0.15, 0.2) is 30.3 Å². The van der Waals surface area contributed by atoms with Gasteiger partial charge in [0.1, 0.15) is 24.5 Å². The number of hydrogen-bond acceptors (Lipinski definition) is 5. The summed E-state index contributed by atoms with van der Waals surface area (Å²) < 4.78 is 10.2. The molecule has 0 fully saturated rings. The summed E-state index contributed by atoms with van der Waals surface area (Å²) in [5.74, 6) is -0.679. The van der Waals surface area contributed by atoms with Gasteiger partial charge in [-0.1, -0.05) is 30.3 Å². The molecule has 6 heteroatoms. The van der Waals surface area contributed by atoms with Crippen LogP contribution in [0.3, 0.4) is 0 Å². The molecule has 1 aromatic carbocycles. The molecule has 0 unspecified atom stereocenters. The SMILES string of the molecule is CC(C)(C)OC(=O)N[C@H](CC=O)C(=O)OCc1ccccc1. The molecule has 0 heterocycles. The molecule has 0 saturated heterocycles. The van der Waals surface area contributed by atoms with E-state index in [9.17, 15) is 14.4 Å². The van der Waals surface area contributed by atoms with Crippen molar-refractivity contribution in [2.75, 3.05) is 0 Å². The van der Waals surface area contributed by atoms with E-state index in [0.717, 1.165) is 5.56 Å². The molecule has 6 nitrogen and oxygen atoms in total. The first kappa shape index (κ1) is 17.7. The first-order valence-electron chi connectivity index (χ1n) is 6.95. The van der Waals surface area contributed by atoms with Crippen molar-refractivity contribution >= 4 is 18.3 Å². The topological polar surface area (TPSA) is 81.7 Å². The monoisotopic (exact) mass is 307 g/mol. The number of alkyl carbamates (subject to hydrolysis) is 1. The minimum Gasteiger partial charge on any atom is -0.459 e. The van der Waals surface area contributed by atoms with Gasteiger partial charge in [-0.25, -0.2) is 9.59 Å². The maximum atomic E-state index is 12.0. The van der Waals surface area contributed by atoms with Crippen LogP contribution in [0.25, 0.3) is 0 Å². The predicted octanol–water partition coefficient (Wildman–Crippen LogP) is 2.21. The molecule has 120 valence electrons. The van der Waals surface area contributed by atoms with Gasteiger partial charge >= 0.3 is 12.1 Å². The highest BCUT2D eigenvalue weighted by Gasteiger charge is 2.25. The summed E-state index contributed by atoms with van der Waals surface area (Å²) >= 11 is 0. The van der Waals surface area contributed by atoms with Gasteiger partial charge in [0.25, 0.3) is 0 Å². The van der Waals surface area contributed by atoms with Crippen LogP contribution in [0.2, 0.25) is 0 Å². The van der Waals surface area contributed by atoms with E-state index >= 15 is 0 Å². The van der Waals surface area contributed by atoms with Crippen LogP contribution in [-0.2, 0) is 25.7 Å². The quantitative estimate of drug-likeness (QED) is 0.643. The van der Waals surface area contributed by atoms with E-state index in [4.69, 9.17) is 9.47 Å². The number of rotatable bonds is 6. The molecule has 1 amide bonds. The average molecular weight is 307 g/mol. The average Bonchev–Trinajstić information content (AvgIpc) is 2.43. The third-order valence-electron chi connectivity index (χ3n) is 2.53. The van der Waals surface area contributed by atoms with E-state index < -0.39 is 23.7 Å². The van der Waals surface area contributed by atoms with Gasteiger partial charge in [0.05, 0.1) is 0 Å². The number of aldehydes is 1. The highest BCUT2D eigenvalue weighted by molar-refractivity contribution is 5.83. The van der Waals surface area contributed by atoms with Crippen LogP contribution in [-0.4, -0.2) is 30.0 Å². The molecule has 1 atom stereocenters. The molecule has 0 spiro atoms. The fourth-order valence-corrected chi connectivity index (χ4v) is 1.59. The molecule has 1 N–H and O–H groups in total. The first-order valence-corrected chi connectivity index (χ1v) is 6.95. The Morgan fingerprint density at radius 2 is 1.86 bits per heavy atom. The molecule has 0 aromatic heterocycles. The molecule has 22 heavy (non-hydrogen) atoms. The second-order valence-corrected chi connectivity index (χ2v) is 5.69. The van der Waals surface area contributed by atoms with Crippen LogP contribution in [0.1, 0.15) is 32.8 Å². The minimum absolute atomic E-state index is 0.0744. The van der Waals surface area contributed by atoms with Crippen molar-refractivity contribution in [3.63, 3.8) is 0 Å². The molecule has 0 bridgehead atoms. The van der Waals surface area contributed by atoms with Crippen molar-refractivity contribution in [2.45, 2.75) is 45.4 Å². The van der Waals surface area contributed by atoms with Crippen LogP contribution in [0.4, 0.5) is 4.79 Å². The van der Waals surface area contributed by atoms with Crippen LogP contribution in [0, 0.1) is 0 Å². The summed E-state index contributed by atoms with van der Waals surface area (Å²) in [6.45, 7) is 5.18. The van der Waals surface area contributed by atoms with Crippen molar-refractivity contribution in [1.82, 2.24) is 5.32 Å². The Balaban J connectivity index is 2.56. The Bertz CT molecular complexity index is 507. The van der Waals surface area contributed by atoms with Gasteiger partial charge in [0.15, 0.2) is 0 Å². The lowest BCUT2D eigenvalue weighted by Gasteiger charge is -2.22. The zero-order chi connectivity index (χ0) is 16.6. The number of esters is 1. The Hall–Kier alpha value is -2.37. The summed E-state index contributed by atoms with van der Waals surface area (Å²) in [6, 6.07) is 8.06. The molecule has 1 aromatic rings. The fourth-order valence-electron chi connectivity index (χ4n) is 1.59. The number of nitrogens with one attached hydrogen (secondary N) is 1. The third-order valence-corrected chi connectivity index (χ3v) is 2.53. The normalized spacial score (nSPS) is 12.1. The molecule has 0 radical (unpaired) electrons.